The summed E-state index contributed by atoms with van der Waals surface area (Å²) in [4.78, 5) is 27.4. The normalized spacial score (nSPS) is 12.1. The Morgan fingerprint density at radius 3 is 2.58 bits per heavy atom. The molecule has 104 valence electrons. The number of hydrogen-bond acceptors (Lipinski definition) is 4. The average molecular weight is 285 g/mol. The summed E-state index contributed by atoms with van der Waals surface area (Å²) in [5, 5.41) is 3.06. The zero-order valence-corrected chi connectivity index (χ0v) is 11.9. The predicted molar refractivity (Wildman–Crippen MR) is 72.0 cm³/mol. The van der Waals surface area contributed by atoms with E-state index in [1.165, 1.54) is 19.4 Å². The van der Waals surface area contributed by atoms with Crippen molar-refractivity contribution in [2.75, 3.05) is 7.11 Å². The minimum Gasteiger partial charge on any atom is -0.467 e. The number of methoxy groups -OCH3 is 1. The summed E-state index contributed by atoms with van der Waals surface area (Å²) in [6.45, 7) is 3.92. The fraction of sp³-hybridized carbons (Fsp3) is 0.462. The molecule has 0 aliphatic rings. The lowest BCUT2D eigenvalue weighted by molar-refractivity contribution is -0.143. The molecule has 1 aromatic heterocycles. The van der Waals surface area contributed by atoms with Crippen LogP contribution in [-0.4, -0.2) is 30.0 Å². The molecule has 0 aliphatic heterocycles. The lowest BCUT2D eigenvalue weighted by atomic mass is 10.0. The highest BCUT2D eigenvalue weighted by molar-refractivity contribution is 6.30. The van der Waals surface area contributed by atoms with E-state index in [-0.39, 0.29) is 11.6 Å². The topological polar surface area (TPSA) is 68.3 Å². The van der Waals surface area contributed by atoms with Crippen molar-refractivity contribution >= 4 is 23.5 Å². The van der Waals surface area contributed by atoms with Gasteiger partial charge in [0.05, 0.1) is 12.1 Å². The zero-order valence-electron chi connectivity index (χ0n) is 11.1. The Bertz CT molecular complexity index is 446. The molecule has 0 saturated carbocycles. The van der Waals surface area contributed by atoms with E-state index in [1.54, 1.807) is 6.07 Å². The molecule has 1 atom stereocenters. The van der Waals surface area contributed by atoms with Crippen molar-refractivity contribution < 1.29 is 14.3 Å². The van der Waals surface area contributed by atoms with E-state index in [0.29, 0.717) is 11.4 Å². The summed E-state index contributed by atoms with van der Waals surface area (Å²) in [6.07, 6.45) is 1.89. The predicted octanol–water partition coefficient (Wildman–Crippen LogP) is 2.05. The number of ether oxygens (including phenoxy) is 1. The van der Waals surface area contributed by atoms with Crippen LogP contribution in [0.2, 0.25) is 5.02 Å². The zero-order chi connectivity index (χ0) is 14.4. The number of amides is 1. The van der Waals surface area contributed by atoms with Crippen molar-refractivity contribution in [2.24, 2.45) is 5.92 Å². The molecule has 6 heteroatoms. The fourth-order valence-corrected chi connectivity index (χ4v) is 1.68. The van der Waals surface area contributed by atoms with Crippen LogP contribution < -0.4 is 5.32 Å². The molecule has 1 amide bonds. The van der Waals surface area contributed by atoms with E-state index in [1.807, 2.05) is 13.8 Å². The molecule has 0 radical (unpaired) electrons. The van der Waals surface area contributed by atoms with Crippen LogP contribution in [0.25, 0.3) is 0 Å². The highest BCUT2D eigenvalue weighted by Gasteiger charge is 2.23. The average Bonchev–Trinajstić information content (AvgIpc) is 2.37. The third-order valence-corrected chi connectivity index (χ3v) is 2.68. The van der Waals surface area contributed by atoms with Crippen molar-refractivity contribution in [1.29, 1.82) is 0 Å². The highest BCUT2D eigenvalue weighted by Crippen LogP contribution is 2.09. The Balaban J connectivity index is 2.75. The van der Waals surface area contributed by atoms with Gasteiger partial charge < -0.3 is 10.1 Å². The molecule has 1 rings (SSSR count). The van der Waals surface area contributed by atoms with Gasteiger partial charge in [0, 0.05) is 6.20 Å². The van der Waals surface area contributed by atoms with Gasteiger partial charge in [-0.15, -0.1) is 0 Å². The smallest absolute Gasteiger partial charge is 0.328 e. The van der Waals surface area contributed by atoms with Crippen LogP contribution in [0.3, 0.4) is 0 Å². The maximum atomic E-state index is 11.9. The molecule has 0 bridgehead atoms. The lowest BCUT2D eigenvalue weighted by Crippen LogP contribution is -2.42. The van der Waals surface area contributed by atoms with Crippen molar-refractivity contribution in [3.8, 4) is 0 Å². The maximum Gasteiger partial charge on any atom is 0.328 e. The molecule has 1 heterocycles. The van der Waals surface area contributed by atoms with Crippen molar-refractivity contribution in [2.45, 2.75) is 26.3 Å². The van der Waals surface area contributed by atoms with E-state index >= 15 is 0 Å². The Hall–Kier alpha value is -1.62. The maximum absolute atomic E-state index is 11.9. The van der Waals surface area contributed by atoms with Crippen molar-refractivity contribution in [1.82, 2.24) is 10.3 Å². The van der Waals surface area contributed by atoms with Crippen LogP contribution in [0.15, 0.2) is 18.3 Å². The van der Waals surface area contributed by atoms with Crippen LogP contribution in [0.4, 0.5) is 0 Å². The second kappa shape index (κ2) is 7.09. The molecule has 19 heavy (non-hydrogen) atoms. The van der Waals surface area contributed by atoms with E-state index in [0.717, 1.165) is 0 Å². The molecule has 0 aliphatic carbocycles. The van der Waals surface area contributed by atoms with Gasteiger partial charge in [-0.1, -0.05) is 25.4 Å². The van der Waals surface area contributed by atoms with Crippen LogP contribution in [-0.2, 0) is 9.53 Å². The summed E-state index contributed by atoms with van der Waals surface area (Å²) >= 11 is 5.70. The molecular formula is C13H17ClN2O3. The van der Waals surface area contributed by atoms with Crippen LogP contribution in [0.5, 0.6) is 0 Å². The van der Waals surface area contributed by atoms with E-state index in [4.69, 9.17) is 11.6 Å². The second-order valence-electron chi connectivity index (χ2n) is 4.54. The molecule has 0 aromatic carbocycles. The number of nitrogens with zero attached hydrogens (tertiary/aromatic N) is 1. The first-order chi connectivity index (χ1) is 8.93. The van der Waals surface area contributed by atoms with Gasteiger partial charge in [0.15, 0.2) is 0 Å². The summed E-state index contributed by atoms with van der Waals surface area (Å²) in [5.41, 5.74) is 0.210. The number of aromatic nitrogens is 1. The highest BCUT2D eigenvalue weighted by atomic mass is 35.5. The number of carbonyl (C=O) groups excluding carboxylic acids is 2. The second-order valence-corrected chi connectivity index (χ2v) is 4.98. The van der Waals surface area contributed by atoms with Gasteiger partial charge in [0.25, 0.3) is 5.91 Å². The number of esters is 1. The number of hydrogen-bond donors (Lipinski definition) is 1. The van der Waals surface area contributed by atoms with Crippen molar-refractivity contribution in [3.63, 3.8) is 0 Å². The molecular weight excluding hydrogens is 268 g/mol. The van der Waals surface area contributed by atoms with Gasteiger partial charge in [-0.2, -0.15) is 0 Å². The van der Waals surface area contributed by atoms with Crippen molar-refractivity contribution in [3.05, 3.63) is 29.0 Å². The molecule has 5 nitrogen and oxygen atoms in total. The number of nitrogens with one attached hydrogen (secondary N) is 1. The standard InChI is InChI=1S/C13H17ClN2O3/c1-8(2)6-11(13(18)19-3)16-12(17)10-5-4-9(14)7-15-10/h4-5,7-8,11H,6H2,1-3H3,(H,16,17). The first-order valence-electron chi connectivity index (χ1n) is 5.94. The summed E-state index contributed by atoms with van der Waals surface area (Å²) in [6, 6.07) is 2.40. The van der Waals surface area contributed by atoms with Gasteiger partial charge in [-0.3, -0.25) is 4.79 Å². The van der Waals surface area contributed by atoms with Crippen LogP contribution in [0.1, 0.15) is 30.8 Å². The Kier molecular flexibility index (Phi) is 5.76. The molecule has 1 aromatic rings. The molecule has 0 spiro atoms. The first-order valence-corrected chi connectivity index (χ1v) is 6.32. The fourth-order valence-electron chi connectivity index (χ4n) is 1.57. The van der Waals surface area contributed by atoms with Gasteiger partial charge >= 0.3 is 5.97 Å². The number of halogens is 1. The largest absolute Gasteiger partial charge is 0.467 e. The third-order valence-electron chi connectivity index (χ3n) is 2.46. The lowest BCUT2D eigenvalue weighted by Gasteiger charge is -2.18. The molecule has 0 saturated heterocycles. The van der Waals surface area contributed by atoms with Gasteiger partial charge in [-0.05, 0) is 24.5 Å². The van der Waals surface area contributed by atoms with Crippen LogP contribution >= 0.6 is 11.6 Å². The van der Waals surface area contributed by atoms with E-state index in [9.17, 15) is 9.59 Å². The minimum absolute atomic E-state index is 0.210. The Labute approximate surface area is 117 Å². The van der Waals surface area contributed by atoms with Gasteiger partial charge in [0.2, 0.25) is 0 Å². The summed E-state index contributed by atoms with van der Waals surface area (Å²) < 4.78 is 4.67. The SMILES string of the molecule is COC(=O)C(CC(C)C)NC(=O)c1ccc(Cl)cn1. The monoisotopic (exact) mass is 284 g/mol. The Morgan fingerprint density at radius 1 is 1.42 bits per heavy atom. The number of pyridine rings is 1. The Morgan fingerprint density at radius 2 is 2.11 bits per heavy atom. The summed E-state index contributed by atoms with van der Waals surface area (Å²) in [5.74, 6) is -0.633. The van der Waals surface area contributed by atoms with E-state index in [2.05, 4.69) is 15.0 Å². The molecule has 1 unspecified atom stereocenters. The third kappa shape index (κ3) is 4.87. The number of rotatable bonds is 5. The van der Waals surface area contributed by atoms with E-state index < -0.39 is 17.9 Å². The molecule has 0 fully saturated rings. The molecule has 1 N–H and O–H groups in total. The quantitative estimate of drug-likeness (QED) is 0.840. The van der Waals surface area contributed by atoms with Crippen LogP contribution in [0, 0.1) is 5.92 Å². The summed E-state index contributed by atoms with van der Waals surface area (Å²) in [7, 11) is 1.29. The van der Waals surface area contributed by atoms with Gasteiger partial charge in [0.1, 0.15) is 11.7 Å². The van der Waals surface area contributed by atoms with Gasteiger partial charge in [-0.25, -0.2) is 9.78 Å². The first kappa shape index (κ1) is 15.4. The minimum atomic E-state index is -0.671. The number of carbonyl (C=O) groups is 2.